The molecule has 2 rings (SSSR count). The lowest BCUT2D eigenvalue weighted by atomic mass is 10.3. The molecule has 1 N–H and O–H groups in total. The molecule has 0 saturated heterocycles. The number of aryl methyl sites for hydroxylation is 1. The Hall–Kier alpha value is -1.69. The molecule has 2 heterocycles. The zero-order valence-corrected chi connectivity index (χ0v) is 12.4. The molecule has 19 heavy (non-hydrogen) atoms. The summed E-state index contributed by atoms with van der Waals surface area (Å²) >= 11 is 3.44. The minimum absolute atomic E-state index is 0.0603. The standard InChI is InChI=1S/C13H15BrN4O/c1-9-13(14)10(2)18(17-9)8-12(19)16-7-11-3-5-15-6-4-11/h3-6H,7-8H2,1-2H3,(H,16,19). The van der Waals surface area contributed by atoms with E-state index < -0.39 is 0 Å². The Morgan fingerprint density at radius 1 is 1.37 bits per heavy atom. The Kier molecular flexibility index (Phi) is 4.31. The van der Waals surface area contributed by atoms with Crippen LogP contribution in [-0.4, -0.2) is 20.7 Å². The maximum Gasteiger partial charge on any atom is 0.242 e. The summed E-state index contributed by atoms with van der Waals surface area (Å²) in [5, 5.41) is 7.16. The number of hydrogen-bond acceptors (Lipinski definition) is 3. The van der Waals surface area contributed by atoms with Gasteiger partial charge in [-0.15, -0.1) is 0 Å². The van der Waals surface area contributed by atoms with Crippen LogP contribution in [0.15, 0.2) is 29.0 Å². The normalized spacial score (nSPS) is 10.5. The first-order valence-corrected chi connectivity index (χ1v) is 6.72. The van der Waals surface area contributed by atoms with Gasteiger partial charge in [-0.2, -0.15) is 5.10 Å². The van der Waals surface area contributed by atoms with Crippen molar-refractivity contribution in [1.29, 1.82) is 0 Å². The van der Waals surface area contributed by atoms with Crippen molar-refractivity contribution in [2.75, 3.05) is 0 Å². The Morgan fingerprint density at radius 2 is 2.05 bits per heavy atom. The first-order chi connectivity index (χ1) is 9.08. The molecule has 0 aliphatic heterocycles. The topological polar surface area (TPSA) is 59.8 Å². The van der Waals surface area contributed by atoms with Crippen molar-refractivity contribution in [3.8, 4) is 0 Å². The predicted octanol–water partition coefficient (Wildman–Crippen LogP) is 1.97. The number of nitrogens with one attached hydrogen (secondary N) is 1. The quantitative estimate of drug-likeness (QED) is 0.936. The summed E-state index contributed by atoms with van der Waals surface area (Å²) in [4.78, 5) is 15.8. The van der Waals surface area contributed by atoms with Gasteiger partial charge in [0.1, 0.15) is 6.54 Å². The van der Waals surface area contributed by atoms with Gasteiger partial charge in [-0.3, -0.25) is 14.5 Å². The van der Waals surface area contributed by atoms with E-state index in [4.69, 9.17) is 0 Å². The molecule has 6 heteroatoms. The Morgan fingerprint density at radius 3 is 2.63 bits per heavy atom. The molecule has 0 aliphatic carbocycles. The molecular weight excluding hydrogens is 308 g/mol. The number of nitrogens with zero attached hydrogens (tertiary/aromatic N) is 3. The van der Waals surface area contributed by atoms with Gasteiger partial charge >= 0.3 is 0 Å². The van der Waals surface area contributed by atoms with Gasteiger partial charge in [0.15, 0.2) is 0 Å². The molecule has 2 aromatic heterocycles. The minimum Gasteiger partial charge on any atom is -0.350 e. The van der Waals surface area contributed by atoms with Gasteiger partial charge in [0.2, 0.25) is 5.91 Å². The minimum atomic E-state index is -0.0603. The highest BCUT2D eigenvalue weighted by molar-refractivity contribution is 9.10. The number of rotatable bonds is 4. The number of amides is 1. The number of carbonyl (C=O) groups is 1. The smallest absolute Gasteiger partial charge is 0.242 e. The first-order valence-electron chi connectivity index (χ1n) is 5.93. The van der Waals surface area contributed by atoms with Crippen LogP contribution in [0.2, 0.25) is 0 Å². The van der Waals surface area contributed by atoms with Gasteiger partial charge in [0, 0.05) is 18.9 Å². The Labute approximate surface area is 120 Å². The van der Waals surface area contributed by atoms with Crippen molar-refractivity contribution in [2.45, 2.75) is 26.9 Å². The fourth-order valence-electron chi connectivity index (χ4n) is 1.72. The van der Waals surface area contributed by atoms with E-state index in [9.17, 15) is 4.79 Å². The third kappa shape index (κ3) is 3.41. The van der Waals surface area contributed by atoms with Crippen molar-refractivity contribution in [3.63, 3.8) is 0 Å². The second kappa shape index (κ2) is 5.97. The molecule has 0 radical (unpaired) electrons. The van der Waals surface area contributed by atoms with E-state index in [2.05, 4.69) is 31.3 Å². The van der Waals surface area contributed by atoms with Crippen LogP contribution in [0.3, 0.4) is 0 Å². The van der Waals surface area contributed by atoms with Crippen molar-refractivity contribution >= 4 is 21.8 Å². The van der Waals surface area contributed by atoms with E-state index in [0.29, 0.717) is 6.54 Å². The fourth-order valence-corrected chi connectivity index (χ4v) is 2.01. The molecule has 0 spiro atoms. The van der Waals surface area contributed by atoms with Crippen LogP contribution in [0.5, 0.6) is 0 Å². The van der Waals surface area contributed by atoms with Crippen LogP contribution in [0.25, 0.3) is 0 Å². The summed E-state index contributed by atoms with van der Waals surface area (Å²) in [7, 11) is 0. The van der Waals surface area contributed by atoms with Gasteiger partial charge in [0.05, 0.1) is 15.9 Å². The van der Waals surface area contributed by atoms with Crippen molar-refractivity contribution in [3.05, 3.63) is 46.0 Å². The molecule has 0 bridgehead atoms. The van der Waals surface area contributed by atoms with Gasteiger partial charge in [-0.05, 0) is 47.5 Å². The zero-order chi connectivity index (χ0) is 13.8. The lowest BCUT2D eigenvalue weighted by molar-refractivity contribution is -0.122. The molecule has 1 amide bonds. The van der Waals surface area contributed by atoms with E-state index in [0.717, 1.165) is 21.4 Å². The molecule has 0 fully saturated rings. The molecule has 0 saturated carbocycles. The van der Waals surface area contributed by atoms with Gasteiger partial charge < -0.3 is 5.32 Å². The number of hydrogen-bond donors (Lipinski definition) is 1. The SMILES string of the molecule is Cc1nn(CC(=O)NCc2ccncc2)c(C)c1Br. The third-order valence-electron chi connectivity index (χ3n) is 2.83. The van der Waals surface area contributed by atoms with Crippen LogP contribution in [0, 0.1) is 13.8 Å². The van der Waals surface area contributed by atoms with Crippen LogP contribution in [0.1, 0.15) is 17.0 Å². The summed E-state index contributed by atoms with van der Waals surface area (Å²) in [6, 6.07) is 3.75. The molecule has 0 unspecified atom stereocenters. The van der Waals surface area contributed by atoms with Gasteiger partial charge in [-0.1, -0.05) is 0 Å². The molecule has 100 valence electrons. The Balaban J connectivity index is 1.93. The number of aromatic nitrogens is 3. The number of halogens is 1. The number of carbonyl (C=O) groups excluding carboxylic acids is 1. The lowest BCUT2D eigenvalue weighted by Gasteiger charge is -2.06. The van der Waals surface area contributed by atoms with E-state index in [1.54, 1.807) is 17.1 Å². The maximum atomic E-state index is 11.9. The van der Waals surface area contributed by atoms with Gasteiger partial charge in [-0.25, -0.2) is 0 Å². The largest absolute Gasteiger partial charge is 0.350 e. The van der Waals surface area contributed by atoms with Crippen LogP contribution in [0.4, 0.5) is 0 Å². The molecule has 0 atom stereocenters. The van der Waals surface area contributed by atoms with E-state index in [1.165, 1.54) is 0 Å². The van der Waals surface area contributed by atoms with Crippen molar-refractivity contribution < 1.29 is 4.79 Å². The average molecular weight is 323 g/mol. The fraction of sp³-hybridized carbons (Fsp3) is 0.308. The average Bonchev–Trinajstić information content (AvgIpc) is 2.65. The highest BCUT2D eigenvalue weighted by Crippen LogP contribution is 2.19. The second-order valence-corrected chi connectivity index (χ2v) is 5.07. The highest BCUT2D eigenvalue weighted by Gasteiger charge is 2.11. The first kappa shape index (κ1) is 13.7. The molecular formula is C13H15BrN4O. The van der Waals surface area contributed by atoms with Crippen LogP contribution in [-0.2, 0) is 17.9 Å². The molecule has 0 aromatic carbocycles. The summed E-state index contributed by atoms with van der Waals surface area (Å²) in [6.45, 7) is 4.56. The van der Waals surface area contributed by atoms with E-state index in [1.807, 2.05) is 26.0 Å². The summed E-state index contributed by atoms with van der Waals surface area (Å²) < 4.78 is 2.65. The molecule has 5 nitrogen and oxygen atoms in total. The zero-order valence-electron chi connectivity index (χ0n) is 10.9. The third-order valence-corrected chi connectivity index (χ3v) is 3.97. The summed E-state index contributed by atoms with van der Waals surface area (Å²) in [6.07, 6.45) is 3.42. The van der Waals surface area contributed by atoms with E-state index >= 15 is 0 Å². The van der Waals surface area contributed by atoms with E-state index in [-0.39, 0.29) is 12.5 Å². The van der Waals surface area contributed by atoms with Gasteiger partial charge in [0.25, 0.3) is 0 Å². The van der Waals surface area contributed by atoms with Crippen LogP contribution < -0.4 is 5.32 Å². The molecule has 2 aromatic rings. The second-order valence-electron chi connectivity index (χ2n) is 4.27. The summed E-state index contributed by atoms with van der Waals surface area (Å²) in [5.74, 6) is -0.0603. The lowest BCUT2D eigenvalue weighted by Crippen LogP contribution is -2.28. The number of pyridine rings is 1. The molecule has 0 aliphatic rings. The summed E-state index contributed by atoms with van der Waals surface area (Å²) in [5.41, 5.74) is 2.87. The Bertz CT molecular complexity index is 580. The monoisotopic (exact) mass is 322 g/mol. The van der Waals surface area contributed by atoms with Crippen molar-refractivity contribution in [2.24, 2.45) is 0 Å². The van der Waals surface area contributed by atoms with Crippen molar-refractivity contribution in [1.82, 2.24) is 20.1 Å². The van der Waals surface area contributed by atoms with Crippen LogP contribution >= 0.6 is 15.9 Å². The highest BCUT2D eigenvalue weighted by atomic mass is 79.9. The predicted molar refractivity (Wildman–Crippen MR) is 75.5 cm³/mol. The maximum absolute atomic E-state index is 11.9.